The van der Waals surface area contributed by atoms with E-state index in [-0.39, 0.29) is 0 Å². The van der Waals surface area contributed by atoms with Gasteiger partial charge in [0.05, 0.1) is 6.20 Å². The second-order valence-electron chi connectivity index (χ2n) is 1.65. The number of nitrogens with zero attached hydrogens (tertiary/aromatic N) is 2. The van der Waals surface area contributed by atoms with Crippen molar-refractivity contribution in [1.82, 2.24) is 5.32 Å². The average Bonchev–Trinajstić information content (AvgIpc) is 1.86. The predicted molar refractivity (Wildman–Crippen MR) is 28.4 cm³/mol. The quantitative estimate of drug-likeness (QED) is 0.508. The highest BCUT2D eigenvalue weighted by Crippen LogP contribution is 2.18. The molecule has 1 aliphatic heterocycles. The summed E-state index contributed by atoms with van der Waals surface area (Å²) in [6, 6.07) is 0. The highest BCUT2D eigenvalue weighted by Gasteiger charge is 2.41. The zero-order chi connectivity index (χ0) is 8.48. The minimum atomic E-state index is -4.72. The topological polar surface area (TPSA) is 43.5 Å². The Hall–Kier alpha value is -1.33. The van der Waals surface area contributed by atoms with E-state index < -0.39 is 17.8 Å². The second-order valence-corrected chi connectivity index (χ2v) is 1.65. The summed E-state index contributed by atoms with van der Waals surface area (Å²) in [5, 5.41) is 2.78. The fraction of sp³-hybridized carbons (Fsp3) is 0.200. The van der Waals surface area contributed by atoms with Crippen LogP contribution in [0.5, 0.6) is 0 Å². The summed E-state index contributed by atoms with van der Waals surface area (Å²) >= 11 is 0. The molecule has 0 saturated heterocycles. The molecule has 0 N–H and O–H groups in total. The van der Waals surface area contributed by atoms with Gasteiger partial charge in [0.2, 0.25) is 5.71 Å². The third kappa shape index (κ3) is 1.57. The van der Waals surface area contributed by atoms with E-state index in [1.807, 2.05) is 6.20 Å². The Kier molecular flexibility index (Phi) is 1.67. The van der Waals surface area contributed by atoms with Crippen LogP contribution in [0.25, 0.3) is 0 Å². The van der Waals surface area contributed by atoms with Crippen molar-refractivity contribution in [2.45, 2.75) is 6.18 Å². The summed E-state index contributed by atoms with van der Waals surface area (Å²) in [6.45, 7) is 0. The van der Waals surface area contributed by atoms with E-state index in [2.05, 4.69) is 10.3 Å². The minimum Gasteiger partial charge on any atom is -0.265 e. The van der Waals surface area contributed by atoms with E-state index in [0.29, 0.717) is 6.20 Å². The molecule has 0 bridgehead atoms. The Morgan fingerprint density at radius 2 is 2.09 bits per heavy atom. The molecule has 0 aliphatic carbocycles. The third-order valence-electron chi connectivity index (χ3n) is 0.889. The number of amides is 1. The van der Waals surface area contributed by atoms with Crippen molar-refractivity contribution < 1.29 is 18.0 Å². The Labute approximate surface area is 59.6 Å². The summed E-state index contributed by atoms with van der Waals surface area (Å²) in [5.41, 5.74) is -1.50. The number of halogens is 3. The summed E-state index contributed by atoms with van der Waals surface area (Å²) in [5.74, 6) is -1.40. The van der Waals surface area contributed by atoms with Gasteiger partial charge in [-0.2, -0.15) is 13.2 Å². The normalized spacial score (nSPS) is 17.7. The van der Waals surface area contributed by atoms with Gasteiger partial charge < -0.3 is 0 Å². The van der Waals surface area contributed by atoms with Crippen molar-refractivity contribution in [3.05, 3.63) is 12.4 Å². The zero-order valence-corrected chi connectivity index (χ0v) is 5.01. The van der Waals surface area contributed by atoms with Gasteiger partial charge in [-0.25, -0.2) is 10.3 Å². The largest absolute Gasteiger partial charge is 0.438 e. The van der Waals surface area contributed by atoms with Gasteiger partial charge in [0, 0.05) is 0 Å². The molecule has 6 heteroatoms. The maximum atomic E-state index is 11.7. The van der Waals surface area contributed by atoms with Crippen LogP contribution in [-0.4, -0.2) is 17.8 Å². The Morgan fingerprint density at radius 1 is 1.45 bits per heavy atom. The van der Waals surface area contributed by atoms with Crippen LogP contribution in [0.2, 0.25) is 0 Å². The average molecular weight is 162 g/mol. The first-order valence-electron chi connectivity index (χ1n) is 2.49. The van der Waals surface area contributed by atoms with Crippen LogP contribution < -0.4 is 5.32 Å². The molecule has 1 amide bonds. The number of carbonyl (C=O) groups is 1. The van der Waals surface area contributed by atoms with E-state index in [4.69, 9.17) is 0 Å². The van der Waals surface area contributed by atoms with Crippen molar-refractivity contribution >= 4 is 11.6 Å². The van der Waals surface area contributed by atoms with Crippen LogP contribution >= 0.6 is 0 Å². The van der Waals surface area contributed by atoms with Crippen LogP contribution in [0, 0.1) is 6.20 Å². The highest BCUT2D eigenvalue weighted by atomic mass is 19.4. The number of aliphatic imine (C=N–C) groups is 1. The first-order valence-corrected chi connectivity index (χ1v) is 2.49. The molecule has 0 fully saturated rings. The first-order chi connectivity index (χ1) is 5.02. The van der Waals surface area contributed by atoms with Crippen molar-refractivity contribution in [3.63, 3.8) is 0 Å². The second kappa shape index (κ2) is 2.37. The molecule has 11 heavy (non-hydrogen) atoms. The third-order valence-corrected chi connectivity index (χ3v) is 0.889. The van der Waals surface area contributed by atoms with Gasteiger partial charge in [-0.3, -0.25) is 4.79 Å². The molecule has 1 aliphatic rings. The van der Waals surface area contributed by atoms with Crippen LogP contribution in [0.1, 0.15) is 0 Å². The van der Waals surface area contributed by atoms with Gasteiger partial charge >= 0.3 is 12.1 Å². The molecule has 1 heterocycles. The SMILES string of the molecule is O=C1[N][C]=CN=C1C(F)(F)F. The molecule has 0 unspecified atom stereocenters. The molecule has 58 valence electrons. The summed E-state index contributed by atoms with van der Waals surface area (Å²) in [6.07, 6.45) is -2.12. The van der Waals surface area contributed by atoms with Crippen molar-refractivity contribution in [2.24, 2.45) is 4.99 Å². The van der Waals surface area contributed by atoms with Crippen LogP contribution in [0.4, 0.5) is 13.2 Å². The lowest BCUT2D eigenvalue weighted by atomic mass is 10.3. The lowest BCUT2D eigenvalue weighted by Crippen LogP contribution is -2.36. The highest BCUT2D eigenvalue weighted by molar-refractivity contribution is 6.41. The summed E-state index contributed by atoms with van der Waals surface area (Å²) < 4.78 is 35.2. The number of carbonyl (C=O) groups excluding carboxylic acids is 1. The molecule has 2 radical (unpaired) electrons. The molecular weight excluding hydrogens is 161 g/mol. The summed E-state index contributed by atoms with van der Waals surface area (Å²) in [4.78, 5) is 13.1. The van der Waals surface area contributed by atoms with Crippen molar-refractivity contribution in [1.29, 1.82) is 0 Å². The Bertz CT molecular complexity index is 241. The number of hydrogen-bond acceptors (Lipinski definition) is 2. The van der Waals surface area contributed by atoms with E-state index in [9.17, 15) is 18.0 Å². The smallest absolute Gasteiger partial charge is 0.265 e. The van der Waals surface area contributed by atoms with E-state index >= 15 is 0 Å². The maximum Gasteiger partial charge on any atom is 0.438 e. The van der Waals surface area contributed by atoms with E-state index in [0.717, 1.165) is 0 Å². The van der Waals surface area contributed by atoms with Gasteiger partial charge in [0.1, 0.15) is 6.20 Å². The lowest BCUT2D eigenvalue weighted by Gasteiger charge is -2.08. The molecular formula is C5HF3N2O. The zero-order valence-electron chi connectivity index (χ0n) is 5.01. The first kappa shape index (κ1) is 7.77. The number of hydrogen-bond donors (Lipinski definition) is 0. The molecule has 0 aromatic heterocycles. The van der Waals surface area contributed by atoms with Crippen molar-refractivity contribution in [3.8, 4) is 0 Å². The lowest BCUT2D eigenvalue weighted by molar-refractivity contribution is -0.118. The summed E-state index contributed by atoms with van der Waals surface area (Å²) in [7, 11) is 0. The van der Waals surface area contributed by atoms with Gasteiger partial charge in [-0.05, 0) is 0 Å². The molecule has 3 nitrogen and oxygen atoms in total. The number of rotatable bonds is 0. The predicted octanol–water partition coefficient (Wildman–Crippen LogP) is 0.409. The molecule has 0 aromatic rings. The minimum absolute atomic E-state index is 0.699. The van der Waals surface area contributed by atoms with Crippen molar-refractivity contribution in [2.75, 3.05) is 0 Å². The molecule has 0 spiro atoms. The standard InChI is InChI=1S/C5HF3N2O/c6-5(7,8)3-4(11)10-2-1-9-3/h1H. The molecule has 0 saturated carbocycles. The Morgan fingerprint density at radius 3 is 2.45 bits per heavy atom. The van der Waals surface area contributed by atoms with E-state index in [1.165, 1.54) is 0 Å². The molecule has 1 rings (SSSR count). The molecule has 0 atom stereocenters. The Balaban J connectivity index is 2.93. The van der Waals surface area contributed by atoms with E-state index in [1.54, 1.807) is 0 Å². The van der Waals surface area contributed by atoms with Gasteiger partial charge in [-0.1, -0.05) is 0 Å². The number of alkyl halides is 3. The maximum absolute atomic E-state index is 11.7. The fourth-order valence-electron chi connectivity index (χ4n) is 0.484. The van der Waals surface area contributed by atoms with Crippen LogP contribution in [0.3, 0.4) is 0 Å². The monoisotopic (exact) mass is 162 g/mol. The fourth-order valence-corrected chi connectivity index (χ4v) is 0.484. The van der Waals surface area contributed by atoms with Gasteiger partial charge in [0.15, 0.2) is 0 Å². The molecule has 0 aromatic carbocycles. The van der Waals surface area contributed by atoms with Crippen LogP contribution in [-0.2, 0) is 4.79 Å². The van der Waals surface area contributed by atoms with Gasteiger partial charge in [0.25, 0.3) is 0 Å². The van der Waals surface area contributed by atoms with Crippen LogP contribution in [0.15, 0.2) is 11.2 Å². The van der Waals surface area contributed by atoms with Gasteiger partial charge in [-0.15, -0.1) is 0 Å².